The van der Waals surface area contributed by atoms with Gasteiger partial charge in [-0.1, -0.05) is 18.2 Å². The third-order valence-electron chi connectivity index (χ3n) is 4.55. The van der Waals surface area contributed by atoms with E-state index in [2.05, 4.69) is 15.3 Å². The second-order valence-corrected chi connectivity index (χ2v) is 7.21. The van der Waals surface area contributed by atoms with E-state index in [9.17, 15) is 9.59 Å². The molecule has 1 saturated heterocycles. The van der Waals surface area contributed by atoms with E-state index in [4.69, 9.17) is 0 Å². The number of para-hydroxylation sites is 1. The molecular formula is C19H18N4O2S. The van der Waals surface area contributed by atoms with Crippen molar-refractivity contribution in [3.8, 4) is 0 Å². The van der Waals surface area contributed by atoms with Crippen molar-refractivity contribution in [3.05, 3.63) is 53.2 Å². The van der Waals surface area contributed by atoms with E-state index in [1.165, 1.54) is 11.3 Å². The maximum absolute atomic E-state index is 13.2. The minimum atomic E-state index is -0.473. The number of amides is 2. The van der Waals surface area contributed by atoms with Crippen LogP contribution in [0, 0.1) is 6.92 Å². The number of fused-ring (bicyclic) bond motifs is 1. The Bertz CT molecular complexity index is 971. The number of thiazole rings is 1. The predicted octanol–water partition coefficient (Wildman–Crippen LogP) is 3.24. The zero-order valence-electron chi connectivity index (χ0n) is 14.3. The number of aromatic nitrogens is 2. The first kappa shape index (κ1) is 16.7. The van der Waals surface area contributed by atoms with Crippen molar-refractivity contribution < 1.29 is 9.59 Å². The van der Waals surface area contributed by atoms with Crippen LogP contribution in [0.5, 0.6) is 0 Å². The minimum absolute atomic E-state index is 0.122. The fraction of sp³-hybridized carbons (Fsp3) is 0.263. The average Bonchev–Trinajstić information content (AvgIpc) is 3.32. The molecule has 7 heteroatoms. The number of hydrogen-bond donors (Lipinski definition) is 1. The molecule has 1 aliphatic rings. The number of aryl methyl sites for hydroxylation is 1. The van der Waals surface area contributed by atoms with E-state index in [1.807, 2.05) is 31.2 Å². The number of anilines is 1. The number of carbonyl (C=O) groups excluding carboxylic acids is 2. The third-order valence-corrected chi connectivity index (χ3v) is 5.24. The summed E-state index contributed by atoms with van der Waals surface area (Å²) in [6, 6.07) is 8.93. The molecule has 2 aromatic heterocycles. The lowest BCUT2D eigenvalue weighted by atomic mass is 10.1. The van der Waals surface area contributed by atoms with Crippen molar-refractivity contribution in [1.29, 1.82) is 0 Å². The average molecular weight is 366 g/mol. The summed E-state index contributed by atoms with van der Waals surface area (Å²) < 4.78 is 0. The van der Waals surface area contributed by atoms with E-state index in [0.29, 0.717) is 23.7 Å². The van der Waals surface area contributed by atoms with E-state index < -0.39 is 6.04 Å². The van der Waals surface area contributed by atoms with Gasteiger partial charge in [0.2, 0.25) is 5.91 Å². The monoisotopic (exact) mass is 366 g/mol. The lowest BCUT2D eigenvalue weighted by molar-refractivity contribution is -0.119. The van der Waals surface area contributed by atoms with Crippen molar-refractivity contribution in [3.63, 3.8) is 0 Å². The van der Waals surface area contributed by atoms with Crippen LogP contribution in [0.4, 0.5) is 5.13 Å². The summed E-state index contributed by atoms with van der Waals surface area (Å²) in [5, 5.41) is 5.98. The number of hydrogen-bond acceptors (Lipinski definition) is 5. The Hall–Kier alpha value is -2.80. The first-order valence-corrected chi connectivity index (χ1v) is 9.39. The van der Waals surface area contributed by atoms with Gasteiger partial charge in [-0.2, -0.15) is 0 Å². The molecule has 6 nitrogen and oxygen atoms in total. The van der Waals surface area contributed by atoms with Crippen molar-refractivity contribution in [2.24, 2.45) is 0 Å². The summed E-state index contributed by atoms with van der Waals surface area (Å²) in [4.78, 5) is 36.1. The Morgan fingerprint density at radius 2 is 2.15 bits per heavy atom. The summed E-state index contributed by atoms with van der Waals surface area (Å²) in [5.41, 5.74) is 2.18. The molecule has 1 aromatic carbocycles. The Labute approximate surface area is 154 Å². The van der Waals surface area contributed by atoms with Gasteiger partial charge < -0.3 is 10.2 Å². The molecule has 132 valence electrons. The molecule has 2 amide bonds. The summed E-state index contributed by atoms with van der Waals surface area (Å²) in [6.07, 6.45) is 3.11. The molecule has 3 aromatic rings. The fourth-order valence-electron chi connectivity index (χ4n) is 3.40. The van der Waals surface area contributed by atoms with Gasteiger partial charge in [-0.3, -0.25) is 14.6 Å². The maximum atomic E-state index is 13.2. The lowest BCUT2D eigenvalue weighted by Gasteiger charge is -2.24. The normalized spacial score (nSPS) is 16.8. The van der Waals surface area contributed by atoms with Crippen molar-refractivity contribution in [1.82, 2.24) is 14.9 Å². The molecule has 1 atom stereocenters. The number of pyridine rings is 1. The molecule has 0 spiro atoms. The Kier molecular flexibility index (Phi) is 4.38. The van der Waals surface area contributed by atoms with Crippen LogP contribution in [0.15, 0.2) is 41.9 Å². The van der Waals surface area contributed by atoms with E-state index >= 15 is 0 Å². The zero-order valence-corrected chi connectivity index (χ0v) is 15.1. The summed E-state index contributed by atoms with van der Waals surface area (Å²) >= 11 is 1.37. The van der Waals surface area contributed by atoms with Crippen molar-refractivity contribution >= 4 is 39.2 Å². The fourth-order valence-corrected chi connectivity index (χ4v) is 3.93. The van der Waals surface area contributed by atoms with Crippen LogP contribution in [0.1, 0.15) is 28.9 Å². The molecule has 0 aliphatic carbocycles. The number of nitrogens with zero attached hydrogens (tertiary/aromatic N) is 3. The van der Waals surface area contributed by atoms with Crippen LogP contribution in [0.2, 0.25) is 0 Å². The molecule has 0 radical (unpaired) electrons. The lowest BCUT2D eigenvalue weighted by Crippen LogP contribution is -2.43. The highest BCUT2D eigenvalue weighted by molar-refractivity contribution is 7.13. The van der Waals surface area contributed by atoms with Gasteiger partial charge in [-0.25, -0.2) is 4.98 Å². The standard InChI is InChI=1S/C19H18N4O2S/c1-12-11-14(13-5-2-3-6-15(13)21-12)18(25)23-9-4-7-16(23)17(24)22-19-20-8-10-26-19/h2-3,5-6,8,10-11,16H,4,7,9H2,1H3,(H,20,22,24). The van der Waals surface area contributed by atoms with Crippen LogP contribution in [-0.2, 0) is 4.79 Å². The third kappa shape index (κ3) is 3.06. The highest BCUT2D eigenvalue weighted by Crippen LogP contribution is 2.26. The highest BCUT2D eigenvalue weighted by atomic mass is 32.1. The number of carbonyl (C=O) groups is 2. The quantitative estimate of drug-likeness (QED) is 0.772. The molecular weight excluding hydrogens is 348 g/mol. The second-order valence-electron chi connectivity index (χ2n) is 6.31. The molecule has 26 heavy (non-hydrogen) atoms. The molecule has 1 unspecified atom stereocenters. The second kappa shape index (κ2) is 6.84. The topological polar surface area (TPSA) is 75.2 Å². The SMILES string of the molecule is Cc1cc(C(=O)N2CCCC2C(=O)Nc2nccs2)c2ccccc2n1. The summed E-state index contributed by atoms with van der Waals surface area (Å²) in [7, 11) is 0. The van der Waals surface area contributed by atoms with Gasteiger partial charge in [0, 0.05) is 29.2 Å². The van der Waals surface area contributed by atoms with Crippen LogP contribution < -0.4 is 5.32 Å². The molecule has 1 fully saturated rings. The largest absolute Gasteiger partial charge is 0.327 e. The van der Waals surface area contributed by atoms with E-state index in [-0.39, 0.29) is 11.8 Å². The van der Waals surface area contributed by atoms with Gasteiger partial charge in [0.05, 0.1) is 11.1 Å². The molecule has 4 rings (SSSR count). The number of likely N-dealkylation sites (tertiary alicyclic amines) is 1. The first-order valence-electron chi connectivity index (χ1n) is 8.51. The van der Waals surface area contributed by atoms with Gasteiger partial charge in [-0.05, 0) is 31.9 Å². The molecule has 1 N–H and O–H groups in total. The minimum Gasteiger partial charge on any atom is -0.327 e. The smallest absolute Gasteiger partial charge is 0.255 e. The summed E-state index contributed by atoms with van der Waals surface area (Å²) in [5.74, 6) is -0.302. The van der Waals surface area contributed by atoms with Crippen LogP contribution in [-0.4, -0.2) is 39.3 Å². The Balaban J connectivity index is 1.64. The number of benzene rings is 1. The molecule has 0 saturated carbocycles. The molecule has 3 heterocycles. The Morgan fingerprint density at radius 3 is 2.96 bits per heavy atom. The van der Waals surface area contributed by atoms with E-state index in [1.54, 1.807) is 22.5 Å². The predicted molar refractivity (Wildman–Crippen MR) is 101 cm³/mol. The highest BCUT2D eigenvalue weighted by Gasteiger charge is 2.35. The maximum Gasteiger partial charge on any atom is 0.255 e. The number of nitrogens with one attached hydrogen (secondary N) is 1. The summed E-state index contributed by atoms with van der Waals surface area (Å²) in [6.45, 7) is 2.45. The van der Waals surface area contributed by atoms with Crippen LogP contribution in [0.3, 0.4) is 0 Å². The molecule has 1 aliphatic heterocycles. The Morgan fingerprint density at radius 1 is 1.31 bits per heavy atom. The van der Waals surface area contributed by atoms with Crippen LogP contribution >= 0.6 is 11.3 Å². The van der Waals surface area contributed by atoms with Crippen molar-refractivity contribution in [2.45, 2.75) is 25.8 Å². The van der Waals surface area contributed by atoms with Crippen molar-refractivity contribution in [2.75, 3.05) is 11.9 Å². The van der Waals surface area contributed by atoms with Gasteiger partial charge in [0.25, 0.3) is 5.91 Å². The number of rotatable bonds is 3. The van der Waals surface area contributed by atoms with Gasteiger partial charge in [0.15, 0.2) is 5.13 Å². The molecule has 0 bridgehead atoms. The van der Waals surface area contributed by atoms with Gasteiger partial charge in [-0.15, -0.1) is 11.3 Å². The van der Waals surface area contributed by atoms with E-state index in [0.717, 1.165) is 23.0 Å². The van der Waals surface area contributed by atoms with Crippen LogP contribution in [0.25, 0.3) is 10.9 Å². The zero-order chi connectivity index (χ0) is 18.1. The van der Waals surface area contributed by atoms with Gasteiger partial charge >= 0.3 is 0 Å². The van der Waals surface area contributed by atoms with Gasteiger partial charge in [0.1, 0.15) is 6.04 Å². The first-order chi connectivity index (χ1) is 12.6.